The molecule has 0 amide bonds. The lowest BCUT2D eigenvalue weighted by Gasteiger charge is -2.27. The van der Waals surface area contributed by atoms with Crippen LogP contribution in [0.15, 0.2) is 36.7 Å². The summed E-state index contributed by atoms with van der Waals surface area (Å²) in [5.74, 6) is 0. The number of benzene rings is 1. The van der Waals surface area contributed by atoms with Crippen LogP contribution >= 0.6 is 0 Å². The molecule has 0 bridgehead atoms. The third kappa shape index (κ3) is 2.57. The standard InChI is InChI=1S/C13H17N5/c1-3-13(18-15-5-6-16-18)4-2-12(1)11-17-9-7-14-8-10-17/h1-6,14H,7-11H2. The molecule has 0 atom stereocenters. The number of hydrogen-bond acceptors (Lipinski definition) is 4. The van der Waals surface area contributed by atoms with Crippen LogP contribution in [-0.2, 0) is 6.54 Å². The van der Waals surface area contributed by atoms with Crippen molar-refractivity contribution >= 4 is 0 Å². The van der Waals surface area contributed by atoms with Crippen molar-refractivity contribution in [1.82, 2.24) is 25.2 Å². The minimum atomic E-state index is 1.00. The van der Waals surface area contributed by atoms with Crippen LogP contribution in [0.4, 0.5) is 0 Å². The summed E-state index contributed by atoms with van der Waals surface area (Å²) in [5.41, 5.74) is 2.34. The summed E-state index contributed by atoms with van der Waals surface area (Å²) in [6.07, 6.45) is 3.38. The average Bonchev–Trinajstić information content (AvgIpc) is 2.95. The lowest BCUT2D eigenvalue weighted by atomic mass is 10.2. The lowest BCUT2D eigenvalue weighted by Crippen LogP contribution is -2.42. The van der Waals surface area contributed by atoms with Crippen molar-refractivity contribution in [1.29, 1.82) is 0 Å². The Hall–Kier alpha value is -1.72. The van der Waals surface area contributed by atoms with Crippen molar-refractivity contribution in [2.75, 3.05) is 26.2 Å². The highest BCUT2D eigenvalue weighted by atomic mass is 15.5. The van der Waals surface area contributed by atoms with Gasteiger partial charge in [0.2, 0.25) is 0 Å². The SMILES string of the molecule is c1cnn(-c2ccc(CN3CCNCC3)cc2)n1. The molecule has 1 N–H and O–H groups in total. The van der Waals surface area contributed by atoms with Gasteiger partial charge in [0.25, 0.3) is 0 Å². The lowest BCUT2D eigenvalue weighted by molar-refractivity contribution is 0.233. The van der Waals surface area contributed by atoms with Crippen molar-refractivity contribution in [2.24, 2.45) is 0 Å². The van der Waals surface area contributed by atoms with Gasteiger partial charge in [0.15, 0.2) is 0 Å². The van der Waals surface area contributed by atoms with Gasteiger partial charge in [-0.2, -0.15) is 15.0 Å². The second kappa shape index (κ2) is 5.29. The Bertz CT molecular complexity index is 471. The summed E-state index contributed by atoms with van der Waals surface area (Å²) in [4.78, 5) is 4.10. The average molecular weight is 243 g/mol. The highest BCUT2D eigenvalue weighted by Gasteiger charge is 2.09. The Kier molecular flexibility index (Phi) is 3.34. The Morgan fingerprint density at radius 3 is 2.33 bits per heavy atom. The summed E-state index contributed by atoms with van der Waals surface area (Å²) in [6.45, 7) is 5.46. The van der Waals surface area contributed by atoms with Gasteiger partial charge in [0, 0.05) is 32.7 Å². The predicted molar refractivity (Wildman–Crippen MR) is 69.5 cm³/mol. The Balaban J connectivity index is 1.67. The monoisotopic (exact) mass is 243 g/mol. The second-order valence-electron chi connectivity index (χ2n) is 4.51. The van der Waals surface area contributed by atoms with E-state index in [0.717, 1.165) is 38.4 Å². The molecular formula is C13H17N5. The van der Waals surface area contributed by atoms with E-state index in [0.29, 0.717) is 0 Å². The largest absolute Gasteiger partial charge is 0.314 e. The third-order valence-electron chi connectivity index (χ3n) is 3.20. The molecule has 3 rings (SSSR count). The first-order valence-electron chi connectivity index (χ1n) is 6.30. The number of nitrogens with zero attached hydrogens (tertiary/aromatic N) is 4. The normalized spacial score (nSPS) is 16.9. The van der Waals surface area contributed by atoms with E-state index in [1.54, 1.807) is 17.2 Å². The van der Waals surface area contributed by atoms with Crippen LogP contribution in [0, 0.1) is 0 Å². The van der Waals surface area contributed by atoms with Crippen LogP contribution < -0.4 is 5.32 Å². The highest BCUT2D eigenvalue weighted by molar-refractivity contribution is 5.32. The van der Waals surface area contributed by atoms with E-state index in [4.69, 9.17) is 0 Å². The molecular weight excluding hydrogens is 226 g/mol. The third-order valence-corrected chi connectivity index (χ3v) is 3.20. The number of hydrogen-bond donors (Lipinski definition) is 1. The van der Waals surface area contributed by atoms with Crippen molar-refractivity contribution in [2.45, 2.75) is 6.54 Å². The van der Waals surface area contributed by atoms with Gasteiger partial charge < -0.3 is 5.32 Å². The molecule has 5 nitrogen and oxygen atoms in total. The van der Waals surface area contributed by atoms with Crippen molar-refractivity contribution < 1.29 is 0 Å². The van der Waals surface area contributed by atoms with E-state index < -0.39 is 0 Å². The molecule has 94 valence electrons. The highest BCUT2D eigenvalue weighted by Crippen LogP contribution is 2.10. The van der Waals surface area contributed by atoms with Crippen LogP contribution in [-0.4, -0.2) is 46.1 Å². The zero-order valence-corrected chi connectivity index (χ0v) is 10.3. The summed E-state index contributed by atoms with van der Waals surface area (Å²) in [5, 5.41) is 11.6. The number of rotatable bonds is 3. The summed E-state index contributed by atoms with van der Waals surface area (Å²) < 4.78 is 0. The van der Waals surface area contributed by atoms with Crippen LogP contribution in [0.2, 0.25) is 0 Å². The summed E-state index contributed by atoms with van der Waals surface area (Å²) in [6, 6.07) is 8.44. The molecule has 0 spiro atoms. The molecule has 2 heterocycles. The minimum Gasteiger partial charge on any atom is -0.314 e. The Morgan fingerprint density at radius 1 is 1.00 bits per heavy atom. The zero-order valence-electron chi connectivity index (χ0n) is 10.3. The smallest absolute Gasteiger partial charge is 0.0856 e. The van der Waals surface area contributed by atoms with Gasteiger partial charge in [-0.15, -0.1) is 0 Å². The molecule has 0 saturated carbocycles. The van der Waals surface area contributed by atoms with Gasteiger partial charge in [-0.05, 0) is 17.7 Å². The molecule has 1 aromatic carbocycles. The molecule has 2 aromatic rings. The number of piperazine rings is 1. The van der Waals surface area contributed by atoms with Gasteiger partial charge in [-0.1, -0.05) is 12.1 Å². The molecule has 1 aliphatic heterocycles. The van der Waals surface area contributed by atoms with E-state index in [2.05, 4.69) is 44.7 Å². The maximum Gasteiger partial charge on any atom is 0.0856 e. The first-order chi connectivity index (χ1) is 8.92. The molecule has 1 saturated heterocycles. The van der Waals surface area contributed by atoms with Gasteiger partial charge >= 0.3 is 0 Å². The van der Waals surface area contributed by atoms with Gasteiger partial charge in [0.1, 0.15) is 0 Å². The topological polar surface area (TPSA) is 46.0 Å². The molecule has 5 heteroatoms. The molecule has 1 fully saturated rings. The fraction of sp³-hybridized carbons (Fsp3) is 0.385. The van der Waals surface area contributed by atoms with E-state index in [1.165, 1.54) is 5.56 Å². The summed E-state index contributed by atoms with van der Waals surface area (Å²) >= 11 is 0. The number of aromatic nitrogens is 3. The fourth-order valence-electron chi connectivity index (χ4n) is 2.21. The van der Waals surface area contributed by atoms with Crippen molar-refractivity contribution in [3.05, 3.63) is 42.2 Å². The predicted octanol–water partition coefficient (Wildman–Crippen LogP) is 0.672. The maximum absolute atomic E-state index is 4.12. The van der Waals surface area contributed by atoms with Gasteiger partial charge in [0.05, 0.1) is 18.1 Å². The van der Waals surface area contributed by atoms with Crippen LogP contribution in [0.25, 0.3) is 5.69 Å². The first kappa shape index (κ1) is 11.4. The molecule has 0 aliphatic carbocycles. The fourth-order valence-corrected chi connectivity index (χ4v) is 2.21. The van der Waals surface area contributed by atoms with E-state index in [9.17, 15) is 0 Å². The molecule has 1 aliphatic rings. The van der Waals surface area contributed by atoms with E-state index in [-0.39, 0.29) is 0 Å². The zero-order chi connectivity index (χ0) is 12.2. The van der Waals surface area contributed by atoms with E-state index in [1.807, 2.05) is 0 Å². The van der Waals surface area contributed by atoms with Crippen LogP contribution in [0.3, 0.4) is 0 Å². The molecule has 0 unspecified atom stereocenters. The molecule has 18 heavy (non-hydrogen) atoms. The second-order valence-corrected chi connectivity index (χ2v) is 4.51. The van der Waals surface area contributed by atoms with Crippen LogP contribution in [0.1, 0.15) is 5.56 Å². The minimum absolute atomic E-state index is 1.00. The van der Waals surface area contributed by atoms with E-state index >= 15 is 0 Å². The van der Waals surface area contributed by atoms with Crippen LogP contribution in [0.5, 0.6) is 0 Å². The number of nitrogens with one attached hydrogen (secondary N) is 1. The molecule has 1 aromatic heterocycles. The molecule has 0 radical (unpaired) electrons. The Morgan fingerprint density at radius 2 is 1.67 bits per heavy atom. The van der Waals surface area contributed by atoms with Crippen molar-refractivity contribution in [3.63, 3.8) is 0 Å². The van der Waals surface area contributed by atoms with Crippen molar-refractivity contribution in [3.8, 4) is 5.69 Å². The summed E-state index contributed by atoms with van der Waals surface area (Å²) in [7, 11) is 0. The maximum atomic E-state index is 4.12. The Labute approximate surface area is 106 Å². The quantitative estimate of drug-likeness (QED) is 0.861. The first-order valence-corrected chi connectivity index (χ1v) is 6.30. The van der Waals surface area contributed by atoms with Gasteiger partial charge in [-0.3, -0.25) is 4.90 Å². The van der Waals surface area contributed by atoms with Gasteiger partial charge in [-0.25, -0.2) is 0 Å².